The maximum absolute atomic E-state index is 9.79. The van der Waals surface area contributed by atoms with E-state index in [4.69, 9.17) is 0 Å². The highest BCUT2D eigenvalue weighted by Crippen LogP contribution is 2.08. The van der Waals surface area contributed by atoms with E-state index in [0.29, 0.717) is 13.1 Å². The number of nitrogens with zero attached hydrogens (tertiary/aromatic N) is 1. The number of likely N-dealkylation sites (tertiary alicyclic amines) is 1. The normalized spacial score (nSPS) is 23.2. The number of aliphatic hydroxyl groups is 2. The van der Waals surface area contributed by atoms with Crippen LogP contribution in [0.5, 0.6) is 0 Å². The van der Waals surface area contributed by atoms with E-state index < -0.39 is 5.60 Å². The van der Waals surface area contributed by atoms with Crippen LogP contribution < -0.4 is 5.32 Å². The second kappa shape index (κ2) is 6.55. The van der Waals surface area contributed by atoms with Gasteiger partial charge in [0, 0.05) is 19.6 Å². The van der Waals surface area contributed by atoms with Gasteiger partial charge < -0.3 is 20.4 Å². The lowest BCUT2D eigenvalue weighted by Gasteiger charge is -2.24. The van der Waals surface area contributed by atoms with Crippen molar-refractivity contribution < 1.29 is 10.2 Å². The second-order valence-corrected chi connectivity index (χ2v) is 5.14. The molecule has 16 heavy (non-hydrogen) atoms. The van der Waals surface area contributed by atoms with Crippen LogP contribution in [-0.2, 0) is 0 Å². The van der Waals surface area contributed by atoms with E-state index in [1.807, 2.05) is 13.8 Å². The molecular weight excluding hydrogens is 204 g/mol. The molecule has 0 aliphatic carbocycles. The molecule has 0 aromatic rings. The van der Waals surface area contributed by atoms with Crippen LogP contribution in [0.15, 0.2) is 0 Å². The zero-order valence-corrected chi connectivity index (χ0v) is 10.6. The smallest absolute Gasteiger partial charge is 0.0791 e. The minimum atomic E-state index is -0.659. The fourth-order valence-corrected chi connectivity index (χ4v) is 1.96. The predicted octanol–water partition coefficient (Wildman–Crippen LogP) is 0.194. The first-order chi connectivity index (χ1) is 7.53. The first-order valence-electron chi connectivity index (χ1n) is 6.37. The Morgan fingerprint density at radius 3 is 2.56 bits per heavy atom. The molecule has 1 aliphatic rings. The molecule has 1 aliphatic heterocycles. The molecular formula is C12H26N2O2. The van der Waals surface area contributed by atoms with E-state index in [2.05, 4.69) is 10.2 Å². The summed E-state index contributed by atoms with van der Waals surface area (Å²) in [5, 5.41) is 22.7. The van der Waals surface area contributed by atoms with Crippen molar-refractivity contribution in [1.29, 1.82) is 0 Å². The average molecular weight is 230 g/mol. The fourth-order valence-electron chi connectivity index (χ4n) is 1.96. The van der Waals surface area contributed by atoms with Crippen LogP contribution in [0.1, 0.15) is 33.1 Å². The van der Waals surface area contributed by atoms with Crippen molar-refractivity contribution in [2.45, 2.75) is 44.8 Å². The highest BCUT2D eigenvalue weighted by atomic mass is 16.3. The molecule has 0 aromatic heterocycles. The summed E-state index contributed by atoms with van der Waals surface area (Å²) >= 11 is 0. The Labute approximate surface area is 98.6 Å². The maximum atomic E-state index is 9.79. The largest absolute Gasteiger partial charge is 0.390 e. The lowest BCUT2D eigenvalue weighted by Crippen LogP contribution is -2.43. The van der Waals surface area contributed by atoms with E-state index in [1.165, 1.54) is 12.8 Å². The van der Waals surface area contributed by atoms with Gasteiger partial charge in [-0.2, -0.15) is 0 Å². The molecule has 2 atom stereocenters. The van der Waals surface area contributed by atoms with Crippen LogP contribution in [0.25, 0.3) is 0 Å². The van der Waals surface area contributed by atoms with Gasteiger partial charge >= 0.3 is 0 Å². The Morgan fingerprint density at radius 1 is 1.38 bits per heavy atom. The van der Waals surface area contributed by atoms with Gasteiger partial charge in [-0.25, -0.2) is 0 Å². The highest BCUT2D eigenvalue weighted by Gasteiger charge is 2.19. The Bertz CT molecular complexity index is 191. The van der Waals surface area contributed by atoms with Crippen LogP contribution in [-0.4, -0.2) is 59.5 Å². The molecule has 0 spiro atoms. The topological polar surface area (TPSA) is 55.7 Å². The van der Waals surface area contributed by atoms with Gasteiger partial charge in [-0.05, 0) is 39.3 Å². The number of rotatable bonds is 7. The standard InChI is InChI=1S/C12H26N2O2/c1-3-12(2,16)10-13-8-11(15)9-14-6-4-5-7-14/h11,13,15-16H,3-10H2,1-2H3. The molecule has 4 heteroatoms. The molecule has 4 nitrogen and oxygen atoms in total. The molecule has 1 heterocycles. The van der Waals surface area contributed by atoms with Crippen molar-refractivity contribution in [3.63, 3.8) is 0 Å². The number of nitrogens with one attached hydrogen (secondary N) is 1. The molecule has 0 bridgehead atoms. The van der Waals surface area contributed by atoms with E-state index in [1.54, 1.807) is 0 Å². The van der Waals surface area contributed by atoms with E-state index >= 15 is 0 Å². The van der Waals surface area contributed by atoms with Crippen molar-refractivity contribution >= 4 is 0 Å². The lowest BCUT2D eigenvalue weighted by molar-refractivity contribution is 0.0494. The third-order valence-electron chi connectivity index (χ3n) is 3.32. The molecule has 0 aromatic carbocycles. The van der Waals surface area contributed by atoms with Crippen LogP contribution in [0.3, 0.4) is 0 Å². The van der Waals surface area contributed by atoms with Crippen LogP contribution in [0.2, 0.25) is 0 Å². The highest BCUT2D eigenvalue weighted by molar-refractivity contribution is 4.76. The predicted molar refractivity (Wildman–Crippen MR) is 65.5 cm³/mol. The Morgan fingerprint density at radius 2 is 2.00 bits per heavy atom. The van der Waals surface area contributed by atoms with E-state index in [9.17, 15) is 10.2 Å². The van der Waals surface area contributed by atoms with Gasteiger partial charge in [0.1, 0.15) is 0 Å². The van der Waals surface area contributed by atoms with Gasteiger partial charge in [-0.15, -0.1) is 0 Å². The van der Waals surface area contributed by atoms with Crippen molar-refractivity contribution in [2.24, 2.45) is 0 Å². The summed E-state index contributed by atoms with van der Waals surface area (Å²) in [5.74, 6) is 0. The fraction of sp³-hybridized carbons (Fsp3) is 1.00. The third kappa shape index (κ3) is 5.25. The minimum absolute atomic E-state index is 0.328. The maximum Gasteiger partial charge on any atom is 0.0791 e. The molecule has 1 rings (SSSR count). The third-order valence-corrected chi connectivity index (χ3v) is 3.32. The quantitative estimate of drug-likeness (QED) is 0.584. The van der Waals surface area contributed by atoms with Gasteiger partial charge in [0.25, 0.3) is 0 Å². The van der Waals surface area contributed by atoms with Gasteiger partial charge in [0.05, 0.1) is 11.7 Å². The summed E-state index contributed by atoms with van der Waals surface area (Å²) in [6, 6.07) is 0. The molecule has 0 radical (unpaired) electrons. The van der Waals surface area contributed by atoms with Gasteiger partial charge in [-0.3, -0.25) is 0 Å². The average Bonchev–Trinajstić information content (AvgIpc) is 2.70. The Kier molecular flexibility index (Phi) is 5.69. The number of aliphatic hydroxyl groups excluding tert-OH is 1. The first kappa shape index (κ1) is 13.9. The SMILES string of the molecule is CCC(C)(O)CNCC(O)CN1CCCC1. The second-order valence-electron chi connectivity index (χ2n) is 5.14. The van der Waals surface area contributed by atoms with Crippen molar-refractivity contribution in [2.75, 3.05) is 32.7 Å². The molecule has 0 amide bonds. The summed E-state index contributed by atoms with van der Waals surface area (Å²) in [6.45, 7) is 7.86. The zero-order valence-electron chi connectivity index (χ0n) is 10.6. The zero-order chi connectivity index (χ0) is 12.0. The summed E-state index contributed by atoms with van der Waals surface area (Å²) < 4.78 is 0. The van der Waals surface area contributed by atoms with Crippen molar-refractivity contribution in [3.05, 3.63) is 0 Å². The summed E-state index contributed by atoms with van der Waals surface area (Å²) in [6.07, 6.45) is 2.91. The molecule has 1 saturated heterocycles. The van der Waals surface area contributed by atoms with Gasteiger partial charge in [0.2, 0.25) is 0 Å². The number of hydrogen-bond donors (Lipinski definition) is 3. The molecule has 96 valence electrons. The van der Waals surface area contributed by atoms with Gasteiger partial charge in [0.15, 0.2) is 0 Å². The molecule has 1 fully saturated rings. The van der Waals surface area contributed by atoms with Crippen LogP contribution in [0, 0.1) is 0 Å². The Balaban J connectivity index is 2.07. The summed E-state index contributed by atoms with van der Waals surface area (Å²) in [5.41, 5.74) is -0.659. The monoisotopic (exact) mass is 230 g/mol. The first-order valence-corrected chi connectivity index (χ1v) is 6.37. The number of hydrogen-bond acceptors (Lipinski definition) is 4. The van der Waals surface area contributed by atoms with Crippen molar-refractivity contribution in [1.82, 2.24) is 10.2 Å². The van der Waals surface area contributed by atoms with Gasteiger partial charge in [-0.1, -0.05) is 6.92 Å². The van der Waals surface area contributed by atoms with Crippen LogP contribution >= 0.6 is 0 Å². The Hall–Kier alpha value is -0.160. The van der Waals surface area contributed by atoms with Crippen molar-refractivity contribution in [3.8, 4) is 0 Å². The lowest BCUT2D eigenvalue weighted by atomic mass is 10.0. The summed E-state index contributed by atoms with van der Waals surface area (Å²) in [7, 11) is 0. The van der Waals surface area contributed by atoms with E-state index in [-0.39, 0.29) is 6.10 Å². The molecule has 2 unspecified atom stereocenters. The molecule has 3 N–H and O–H groups in total. The summed E-state index contributed by atoms with van der Waals surface area (Å²) in [4.78, 5) is 2.30. The molecule has 0 saturated carbocycles. The van der Waals surface area contributed by atoms with E-state index in [0.717, 1.165) is 26.1 Å². The van der Waals surface area contributed by atoms with Crippen LogP contribution in [0.4, 0.5) is 0 Å². The minimum Gasteiger partial charge on any atom is -0.390 e. The number of β-amino-alcohol motifs (C(OH)–C–C–N with tert-alkyl or cyclic N) is 1.